The molecule has 0 amide bonds. The number of nitrogens with zero attached hydrogens (tertiary/aromatic N) is 1. The van der Waals surface area contributed by atoms with Crippen LogP contribution in [0.25, 0.3) is 0 Å². The molecule has 19 heavy (non-hydrogen) atoms. The SMILES string of the molecule is FC(F)(F)c1cnc(NC[C@@H]2CNCCO2)c(Cl)c1. The van der Waals surface area contributed by atoms with Gasteiger partial charge in [0.1, 0.15) is 5.82 Å². The Bertz CT molecular complexity index is 436. The number of morpholine rings is 1. The van der Waals surface area contributed by atoms with E-state index in [-0.39, 0.29) is 16.9 Å². The monoisotopic (exact) mass is 295 g/mol. The molecule has 0 aromatic carbocycles. The molecule has 2 rings (SSSR count). The van der Waals surface area contributed by atoms with E-state index in [0.29, 0.717) is 19.7 Å². The number of hydrogen-bond acceptors (Lipinski definition) is 4. The van der Waals surface area contributed by atoms with E-state index in [9.17, 15) is 13.2 Å². The number of halogens is 4. The van der Waals surface area contributed by atoms with Crippen LogP contribution in [-0.2, 0) is 10.9 Å². The van der Waals surface area contributed by atoms with E-state index < -0.39 is 11.7 Å². The van der Waals surface area contributed by atoms with E-state index in [4.69, 9.17) is 16.3 Å². The minimum atomic E-state index is -4.44. The van der Waals surface area contributed by atoms with Crippen molar-refractivity contribution in [2.24, 2.45) is 0 Å². The van der Waals surface area contributed by atoms with Crippen molar-refractivity contribution >= 4 is 17.4 Å². The minimum Gasteiger partial charge on any atom is -0.374 e. The van der Waals surface area contributed by atoms with E-state index in [2.05, 4.69) is 15.6 Å². The standard InChI is InChI=1S/C11H13ClF3N3O/c12-9-3-7(11(13,14)15)4-17-10(9)18-6-8-5-16-1-2-19-8/h3-4,8,16H,1-2,5-6H2,(H,17,18)/t8-/m0/s1. The number of rotatable bonds is 3. The largest absolute Gasteiger partial charge is 0.417 e. The molecule has 1 aliphatic rings. The van der Waals surface area contributed by atoms with E-state index in [1.807, 2.05) is 0 Å². The average Bonchev–Trinajstić information content (AvgIpc) is 2.37. The molecule has 4 nitrogen and oxygen atoms in total. The fourth-order valence-electron chi connectivity index (χ4n) is 1.68. The Morgan fingerprint density at radius 2 is 2.32 bits per heavy atom. The summed E-state index contributed by atoms with van der Waals surface area (Å²) in [6.07, 6.45) is -3.73. The highest BCUT2D eigenvalue weighted by atomic mass is 35.5. The molecule has 1 aromatic heterocycles. The molecule has 0 radical (unpaired) electrons. The zero-order chi connectivity index (χ0) is 13.9. The Labute approximate surface area is 113 Å². The van der Waals surface area contributed by atoms with Gasteiger partial charge in [-0.15, -0.1) is 0 Å². The number of alkyl halides is 3. The summed E-state index contributed by atoms with van der Waals surface area (Å²) < 4.78 is 42.7. The summed E-state index contributed by atoms with van der Waals surface area (Å²) >= 11 is 5.77. The van der Waals surface area contributed by atoms with Crippen LogP contribution in [0.5, 0.6) is 0 Å². The first kappa shape index (κ1) is 14.4. The Morgan fingerprint density at radius 1 is 1.53 bits per heavy atom. The first-order chi connectivity index (χ1) is 8.97. The van der Waals surface area contributed by atoms with E-state index >= 15 is 0 Å². The lowest BCUT2D eigenvalue weighted by molar-refractivity contribution is -0.137. The van der Waals surface area contributed by atoms with Gasteiger partial charge in [-0.1, -0.05) is 11.6 Å². The summed E-state index contributed by atoms with van der Waals surface area (Å²) in [4.78, 5) is 3.69. The van der Waals surface area contributed by atoms with Gasteiger partial charge in [0.05, 0.1) is 23.3 Å². The summed E-state index contributed by atoms with van der Waals surface area (Å²) in [5, 5.41) is 5.98. The second kappa shape index (κ2) is 5.94. The molecule has 8 heteroatoms. The maximum absolute atomic E-state index is 12.4. The summed E-state index contributed by atoms with van der Waals surface area (Å²) in [6, 6.07) is 0.858. The zero-order valence-electron chi connectivity index (χ0n) is 9.93. The third-order valence-electron chi connectivity index (χ3n) is 2.67. The van der Waals surface area contributed by atoms with Gasteiger partial charge in [0.15, 0.2) is 0 Å². The molecule has 1 aliphatic heterocycles. The Balaban J connectivity index is 1.97. The van der Waals surface area contributed by atoms with Gasteiger partial charge < -0.3 is 15.4 Å². The van der Waals surface area contributed by atoms with Crippen molar-refractivity contribution in [2.75, 3.05) is 31.6 Å². The normalized spacial score (nSPS) is 20.3. The average molecular weight is 296 g/mol. The number of hydrogen-bond donors (Lipinski definition) is 2. The van der Waals surface area contributed by atoms with Crippen molar-refractivity contribution in [2.45, 2.75) is 12.3 Å². The molecule has 1 atom stereocenters. The molecular formula is C11H13ClF3N3O. The zero-order valence-corrected chi connectivity index (χ0v) is 10.7. The predicted molar refractivity (Wildman–Crippen MR) is 65.3 cm³/mol. The van der Waals surface area contributed by atoms with Crippen molar-refractivity contribution in [1.82, 2.24) is 10.3 Å². The minimum absolute atomic E-state index is 0.0473. The quantitative estimate of drug-likeness (QED) is 0.897. The number of ether oxygens (including phenoxy) is 1. The van der Waals surface area contributed by atoms with Gasteiger partial charge >= 0.3 is 6.18 Å². The molecule has 0 aliphatic carbocycles. The first-order valence-electron chi connectivity index (χ1n) is 5.76. The lowest BCUT2D eigenvalue weighted by atomic mass is 10.2. The number of nitrogens with one attached hydrogen (secondary N) is 2. The van der Waals surface area contributed by atoms with Gasteiger partial charge in [0.25, 0.3) is 0 Å². The fraction of sp³-hybridized carbons (Fsp3) is 0.545. The Kier molecular flexibility index (Phi) is 4.49. The molecule has 106 valence electrons. The maximum atomic E-state index is 12.4. The molecule has 1 saturated heterocycles. The Morgan fingerprint density at radius 3 is 2.89 bits per heavy atom. The third kappa shape index (κ3) is 3.95. The van der Waals surface area contributed by atoms with Crippen molar-refractivity contribution in [3.63, 3.8) is 0 Å². The molecule has 2 N–H and O–H groups in total. The summed E-state index contributed by atoms with van der Waals surface area (Å²) in [5.74, 6) is 0.226. The van der Waals surface area contributed by atoms with Crippen LogP contribution in [0.3, 0.4) is 0 Å². The second-order valence-corrected chi connectivity index (χ2v) is 4.54. The number of pyridine rings is 1. The van der Waals surface area contributed by atoms with Crippen LogP contribution in [0.2, 0.25) is 5.02 Å². The lowest BCUT2D eigenvalue weighted by Gasteiger charge is -2.24. The Hall–Kier alpha value is -1.05. The first-order valence-corrected chi connectivity index (χ1v) is 6.13. The molecule has 2 heterocycles. The summed E-state index contributed by atoms with van der Waals surface area (Å²) in [6.45, 7) is 2.53. The smallest absolute Gasteiger partial charge is 0.374 e. The predicted octanol–water partition coefficient (Wildman–Crippen LogP) is 2.15. The second-order valence-electron chi connectivity index (χ2n) is 4.13. The van der Waals surface area contributed by atoms with Crippen molar-refractivity contribution < 1.29 is 17.9 Å². The van der Waals surface area contributed by atoms with E-state index in [1.54, 1.807) is 0 Å². The molecule has 1 fully saturated rings. The van der Waals surface area contributed by atoms with Crippen LogP contribution in [0.4, 0.5) is 19.0 Å². The van der Waals surface area contributed by atoms with Gasteiger partial charge in [-0.3, -0.25) is 0 Å². The fourth-order valence-corrected chi connectivity index (χ4v) is 1.92. The highest BCUT2D eigenvalue weighted by Gasteiger charge is 2.31. The molecule has 0 unspecified atom stereocenters. The van der Waals surface area contributed by atoms with Crippen LogP contribution in [0, 0.1) is 0 Å². The van der Waals surface area contributed by atoms with Crippen LogP contribution in [0.15, 0.2) is 12.3 Å². The highest BCUT2D eigenvalue weighted by Crippen LogP contribution is 2.32. The van der Waals surface area contributed by atoms with E-state index in [1.165, 1.54) is 0 Å². The van der Waals surface area contributed by atoms with E-state index in [0.717, 1.165) is 18.8 Å². The van der Waals surface area contributed by atoms with Gasteiger partial charge in [-0.25, -0.2) is 4.98 Å². The molecule has 0 spiro atoms. The molecular weight excluding hydrogens is 283 g/mol. The van der Waals surface area contributed by atoms with Gasteiger partial charge in [-0.05, 0) is 6.07 Å². The molecule has 0 saturated carbocycles. The lowest BCUT2D eigenvalue weighted by Crippen LogP contribution is -2.42. The highest BCUT2D eigenvalue weighted by molar-refractivity contribution is 6.32. The van der Waals surface area contributed by atoms with Crippen molar-refractivity contribution in [1.29, 1.82) is 0 Å². The molecule has 0 bridgehead atoms. The number of aromatic nitrogens is 1. The summed E-state index contributed by atoms with van der Waals surface area (Å²) in [7, 11) is 0. The summed E-state index contributed by atoms with van der Waals surface area (Å²) in [5.41, 5.74) is -0.862. The van der Waals surface area contributed by atoms with Gasteiger partial charge in [0, 0.05) is 25.8 Å². The van der Waals surface area contributed by atoms with Gasteiger partial charge in [0.2, 0.25) is 0 Å². The van der Waals surface area contributed by atoms with Crippen LogP contribution in [0.1, 0.15) is 5.56 Å². The maximum Gasteiger partial charge on any atom is 0.417 e. The third-order valence-corrected chi connectivity index (χ3v) is 2.96. The van der Waals surface area contributed by atoms with Crippen LogP contribution in [-0.4, -0.2) is 37.3 Å². The number of anilines is 1. The van der Waals surface area contributed by atoms with Crippen molar-refractivity contribution in [3.05, 3.63) is 22.8 Å². The molecule has 1 aromatic rings. The van der Waals surface area contributed by atoms with Crippen LogP contribution < -0.4 is 10.6 Å². The van der Waals surface area contributed by atoms with Crippen LogP contribution >= 0.6 is 11.6 Å². The topological polar surface area (TPSA) is 46.2 Å². The van der Waals surface area contributed by atoms with Gasteiger partial charge in [-0.2, -0.15) is 13.2 Å². The van der Waals surface area contributed by atoms with Crippen molar-refractivity contribution in [3.8, 4) is 0 Å².